The molecule has 4 aromatic rings. The number of likely N-dealkylation sites (N-methyl/N-ethyl adjacent to an activating group) is 1. The van der Waals surface area contributed by atoms with Crippen LogP contribution in [0.5, 0.6) is 6.01 Å². The lowest BCUT2D eigenvalue weighted by atomic mass is 10.0. The number of hydrogen-bond acceptors (Lipinski definition) is 7. The molecule has 9 nitrogen and oxygen atoms in total. The number of aromatic nitrogens is 3. The summed E-state index contributed by atoms with van der Waals surface area (Å²) in [7, 11) is 2.06. The summed E-state index contributed by atoms with van der Waals surface area (Å²) in [6.45, 7) is 8.41. The number of rotatable bonds is 6. The molecule has 0 aliphatic carbocycles. The van der Waals surface area contributed by atoms with E-state index in [1.54, 1.807) is 35.2 Å². The number of ether oxygens (including phenoxy) is 1. The normalized spacial score (nSPS) is 19.5. The monoisotopic (exact) mass is 590 g/mol. The number of aromatic amines is 1. The van der Waals surface area contributed by atoms with Crippen LogP contribution in [-0.2, 0) is 4.79 Å². The smallest absolute Gasteiger partial charge is 0.319 e. The number of hydrogen-bond donors (Lipinski definition) is 1. The predicted octanol–water partition coefficient (Wildman–Crippen LogP) is 4.63. The van der Waals surface area contributed by atoms with E-state index in [9.17, 15) is 9.59 Å². The molecular formula is C31H32ClFN6O3. The highest BCUT2D eigenvalue weighted by atomic mass is 35.5. The molecule has 2 fully saturated rings. The summed E-state index contributed by atoms with van der Waals surface area (Å²) in [4.78, 5) is 43.0. The Morgan fingerprint density at radius 3 is 2.81 bits per heavy atom. The van der Waals surface area contributed by atoms with Crippen molar-refractivity contribution in [2.75, 3.05) is 44.7 Å². The number of H-pyrrole nitrogens is 1. The van der Waals surface area contributed by atoms with Crippen molar-refractivity contribution in [1.82, 2.24) is 24.8 Å². The second-order valence-electron chi connectivity index (χ2n) is 11.0. The van der Waals surface area contributed by atoms with Gasteiger partial charge in [0.1, 0.15) is 17.9 Å². The summed E-state index contributed by atoms with van der Waals surface area (Å²) in [6.07, 6.45) is 3.40. The Hall–Kier alpha value is -4.02. The standard InChI is InChI=1S/C31H32ClFN6O3/c1-4-25(41)38-13-14-39(18(2)16-38)30-22-11-10-21(28-26-19(15-24(40)34-28)7-5-9-23(26)32)27(33)29(22)35-31(36-30)42-17-20-8-6-12-37(20)3/h4-5,7,9-11,15,18,20H,1,6,8,12-14,16-17H2,2-3H3,(H,34,40)/t18-,20-/m0/s1. The number of carbonyl (C=O) groups excluding carboxylic acids is 1. The molecule has 2 atom stereocenters. The van der Waals surface area contributed by atoms with Crippen LogP contribution in [0.25, 0.3) is 32.9 Å². The first kappa shape index (κ1) is 28.1. The summed E-state index contributed by atoms with van der Waals surface area (Å²) in [5, 5.41) is 2.05. The molecule has 4 heterocycles. The molecule has 2 aromatic heterocycles. The average Bonchev–Trinajstić information content (AvgIpc) is 3.39. The minimum Gasteiger partial charge on any atom is -0.462 e. The van der Waals surface area contributed by atoms with E-state index < -0.39 is 5.82 Å². The van der Waals surface area contributed by atoms with E-state index in [1.165, 1.54) is 12.1 Å². The van der Waals surface area contributed by atoms with E-state index in [2.05, 4.69) is 33.4 Å². The van der Waals surface area contributed by atoms with Gasteiger partial charge in [0.25, 0.3) is 0 Å². The number of amides is 1. The van der Waals surface area contributed by atoms with Crippen LogP contribution in [0.15, 0.2) is 53.8 Å². The molecule has 42 heavy (non-hydrogen) atoms. The topological polar surface area (TPSA) is 94.7 Å². The molecule has 0 radical (unpaired) electrons. The fourth-order valence-corrected chi connectivity index (χ4v) is 6.33. The first-order valence-corrected chi connectivity index (χ1v) is 14.5. The van der Waals surface area contributed by atoms with Crippen molar-refractivity contribution in [3.63, 3.8) is 0 Å². The number of carbonyl (C=O) groups is 1. The number of anilines is 1. The van der Waals surface area contributed by atoms with Gasteiger partial charge in [0.2, 0.25) is 11.5 Å². The maximum atomic E-state index is 16.6. The Morgan fingerprint density at radius 2 is 2.07 bits per heavy atom. The van der Waals surface area contributed by atoms with Crippen LogP contribution in [-0.4, -0.2) is 82.6 Å². The molecule has 0 saturated carbocycles. The third-order valence-corrected chi connectivity index (χ3v) is 8.64. The van der Waals surface area contributed by atoms with Gasteiger partial charge in [-0.05, 0) is 63.0 Å². The number of halogens is 2. The lowest BCUT2D eigenvalue weighted by Crippen LogP contribution is -2.53. The summed E-state index contributed by atoms with van der Waals surface area (Å²) in [5.74, 6) is -0.213. The van der Waals surface area contributed by atoms with E-state index >= 15 is 4.39 Å². The van der Waals surface area contributed by atoms with Crippen molar-refractivity contribution in [3.05, 3.63) is 70.2 Å². The molecule has 0 spiro atoms. The Morgan fingerprint density at radius 1 is 1.24 bits per heavy atom. The zero-order chi connectivity index (χ0) is 29.5. The van der Waals surface area contributed by atoms with Crippen LogP contribution in [0.1, 0.15) is 19.8 Å². The molecule has 11 heteroatoms. The average molecular weight is 591 g/mol. The highest BCUT2D eigenvalue weighted by Gasteiger charge is 2.30. The maximum Gasteiger partial charge on any atom is 0.319 e. The second-order valence-corrected chi connectivity index (χ2v) is 11.4. The molecule has 0 bridgehead atoms. The van der Waals surface area contributed by atoms with E-state index in [1.807, 2.05) is 6.92 Å². The van der Waals surface area contributed by atoms with Crippen molar-refractivity contribution < 1.29 is 13.9 Å². The van der Waals surface area contributed by atoms with Crippen molar-refractivity contribution >= 4 is 45.0 Å². The Kier molecular flexibility index (Phi) is 7.59. The highest BCUT2D eigenvalue weighted by Crippen LogP contribution is 2.37. The summed E-state index contributed by atoms with van der Waals surface area (Å²) in [6, 6.07) is 10.2. The number of benzene rings is 2. The lowest BCUT2D eigenvalue weighted by Gasteiger charge is -2.40. The number of fused-ring (bicyclic) bond motifs is 2. The van der Waals surface area contributed by atoms with Gasteiger partial charge in [0.15, 0.2) is 5.82 Å². The molecule has 6 rings (SSSR count). The lowest BCUT2D eigenvalue weighted by molar-refractivity contribution is -0.126. The van der Waals surface area contributed by atoms with Crippen LogP contribution < -0.4 is 15.2 Å². The molecule has 1 N–H and O–H groups in total. The van der Waals surface area contributed by atoms with Crippen LogP contribution in [0.4, 0.5) is 10.2 Å². The van der Waals surface area contributed by atoms with Gasteiger partial charge in [-0.15, -0.1) is 0 Å². The van der Waals surface area contributed by atoms with Crippen LogP contribution in [0.3, 0.4) is 0 Å². The minimum absolute atomic E-state index is 0.0778. The SMILES string of the molecule is C=CC(=O)N1CCN(c2nc(OC[C@@H]3CCCN3C)nc3c(F)c(-c4[nH]c(=O)cc5cccc(Cl)c45)ccc23)[C@@H](C)C1. The number of nitrogens with zero attached hydrogens (tertiary/aromatic N) is 5. The van der Waals surface area contributed by atoms with Crippen molar-refractivity contribution in [2.45, 2.75) is 31.8 Å². The quantitative estimate of drug-likeness (QED) is 0.327. The molecule has 2 aliphatic heterocycles. The van der Waals surface area contributed by atoms with E-state index in [0.717, 1.165) is 19.4 Å². The fourth-order valence-electron chi connectivity index (χ4n) is 6.05. The molecule has 2 aliphatic rings. The zero-order valence-corrected chi connectivity index (χ0v) is 24.3. The van der Waals surface area contributed by atoms with Gasteiger partial charge in [-0.1, -0.05) is 30.3 Å². The second kappa shape index (κ2) is 11.3. The van der Waals surface area contributed by atoms with Crippen molar-refractivity contribution in [3.8, 4) is 17.3 Å². The zero-order valence-electron chi connectivity index (χ0n) is 23.6. The Bertz CT molecular complexity index is 1760. The molecule has 1 amide bonds. The van der Waals surface area contributed by atoms with Gasteiger partial charge >= 0.3 is 6.01 Å². The van der Waals surface area contributed by atoms with Gasteiger partial charge in [-0.25, -0.2) is 4.39 Å². The van der Waals surface area contributed by atoms with E-state index in [-0.39, 0.29) is 46.3 Å². The summed E-state index contributed by atoms with van der Waals surface area (Å²) >= 11 is 6.53. The Balaban J connectivity index is 1.48. The Labute approximate surface area is 247 Å². The van der Waals surface area contributed by atoms with Crippen molar-refractivity contribution in [2.24, 2.45) is 0 Å². The summed E-state index contributed by atoms with van der Waals surface area (Å²) < 4.78 is 22.7. The van der Waals surface area contributed by atoms with Crippen LogP contribution >= 0.6 is 11.6 Å². The maximum absolute atomic E-state index is 16.6. The molecule has 0 unspecified atom stereocenters. The van der Waals surface area contributed by atoms with Crippen molar-refractivity contribution in [1.29, 1.82) is 0 Å². The van der Waals surface area contributed by atoms with Gasteiger partial charge in [0.05, 0.1) is 10.7 Å². The third kappa shape index (κ3) is 5.09. The number of nitrogens with one attached hydrogen (secondary N) is 1. The molecule has 2 aromatic carbocycles. The fraction of sp³-hybridized carbons (Fsp3) is 0.355. The first-order chi connectivity index (χ1) is 20.2. The van der Waals surface area contributed by atoms with Gasteiger partial charge in [-0.3, -0.25) is 9.59 Å². The van der Waals surface area contributed by atoms with Crippen LogP contribution in [0.2, 0.25) is 5.02 Å². The molecule has 2 saturated heterocycles. The molecule has 218 valence electrons. The van der Waals surface area contributed by atoms with Gasteiger partial charge in [0, 0.05) is 54.1 Å². The van der Waals surface area contributed by atoms with E-state index in [0.29, 0.717) is 53.2 Å². The predicted molar refractivity (Wildman–Crippen MR) is 163 cm³/mol. The number of pyridine rings is 1. The molecular weight excluding hydrogens is 559 g/mol. The number of piperazine rings is 1. The van der Waals surface area contributed by atoms with Crippen LogP contribution in [0, 0.1) is 5.82 Å². The summed E-state index contributed by atoms with van der Waals surface area (Å²) in [5.41, 5.74) is 0.156. The highest BCUT2D eigenvalue weighted by molar-refractivity contribution is 6.36. The number of likely N-dealkylation sites (tertiary alicyclic amines) is 1. The largest absolute Gasteiger partial charge is 0.462 e. The van der Waals surface area contributed by atoms with Gasteiger partial charge < -0.3 is 24.4 Å². The first-order valence-electron chi connectivity index (χ1n) is 14.1. The van der Waals surface area contributed by atoms with Gasteiger partial charge in [-0.2, -0.15) is 9.97 Å². The van der Waals surface area contributed by atoms with E-state index in [4.69, 9.17) is 21.3 Å². The third-order valence-electron chi connectivity index (χ3n) is 8.33. The minimum atomic E-state index is -0.616.